The van der Waals surface area contributed by atoms with Gasteiger partial charge in [-0.2, -0.15) is 0 Å². The van der Waals surface area contributed by atoms with E-state index in [1.54, 1.807) is 0 Å². The first-order chi connectivity index (χ1) is 12.9. The molecule has 2 aromatic carbocycles. The molecule has 0 radical (unpaired) electrons. The summed E-state index contributed by atoms with van der Waals surface area (Å²) in [7, 11) is -4.66. The van der Waals surface area contributed by atoms with Crippen LogP contribution in [0, 0.1) is 24.2 Å². The quantitative estimate of drug-likeness (QED) is 0.498. The number of benzene rings is 2. The Hall–Kier alpha value is -2.41. The molecule has 27 heavy (non-hydrogen) atoms. The SMILES string of the molecule is C#Cc1cccc(C#Cc2ccc(COC[C@@H](CO)OP(=O)(O)O)cc2)c1. The van der Waals surface area contributed by atoms with Crippen LogP contribution < -0.4 is 0 Å². The smallest absolute Gasteiger partial charge is 0.394 e. The molecule has 7 heteroatoms. The lowest BCUT2D eigenvalue weighted by Crippen LogP contribution is -2.22. The molecule has 0 aliphatic rings. The van der Waals surface area contributed by atoms with Gasteiger partial charge in [0.15, 0.2) is 0 Å². The van der Waals surface area contributed by atoms with Crippen molar-refractivity contribution in [3.05, 3.63) is 70.8 Å². The average molecular weight is 386 g/mol. The molecule has 2 rings (SSSR count). The van der Waals surface area contributed by atoms with Crippen molar-refractivity contribution < 1.29 is 28.7 Å². The molecule has 2 aromatic rings. The second-order valence-corrected chi connectivity index (χ2v) is 6.78. The highest BCUT2D eigenvalue weighted by Gasteiger charge is 2.21. The van der Waals surface area contributed by atoms with E-state index in [-0.39, 0.29) is 13.2 Å². The summed E-state index contributed by atoms with van der Waals surface area (Å²) in [5.41, 5.74) is 3.28. The molecule has 0 saturated carbocycles. The number of hydrogen-bond donors (Lipinski definition) is 3. The Kier molecular flexibility index (Phi) is 7.79. The van der Waals surface area contributed by atoms with E-state index in [0.29, 0.717) is 0 Å². The predicted molar refractivity (Wildman–Crippen MR) is 100 cm³/mol. The van der Waals surface area contributed by atoms with E-state index in [4.69, 9.17) is 26.1 Å². The van der Waals surface area contributed by atoms with Gasteiger partial charge in [0.25, 0.3) is 0 Å². The average Bonchev–Trinajstić information content (AvgIpc) is 2.65. The van der Waals surface area contributed by atoms with E-state index in [9.17, 15) is 4.57 Å². The zero-order chi connectivity index (χ0) is 19.7. The van der Waals surface area contributed by atoms with Crippen LogP contribution in [0.5, 0.6) is 0 Å². The fourth-order valence-electron chi connectivity index (χ4n) is 2.13. The highest BCUT2D eigenvalue weighted by Crippen LogP contribution is 2.37. The van der Waals surface area contributed by atoms with Crippen LogP contribution in [-0.4, -0.2) is 34.2 Å². The second-order valence-electron chi connectivity index (χ2n) is 5.59. The molecule has 0 bridgehead atoms. The lowest BCUT2D eigenvalue weighted by molar-refractivity contribution is -0.000659. The molecule has 0 unspecified atom stereocenters. The normalized spacial score (nSPS) is 11.9. The zero-order valence-corrected chi connectivity index (χ0v) is 15.3. The first-order valence-corrected chi connectivity index (χ1v) is 9.53. The van der Waals surface area contributed by atoms with Crippen LogP contribution in [0.4, 0.5) is 0 Å². The van der Waals surface area contributed by atoms with Gasteiger partial charge in [-0.1, -0.05) is 36.0 Å². The van der Waals surface area contributed by atoms with Gasteiger partial charge in [0.05, 0.1) is 19.8 Å². The van der Waals surface area contributed by atoms with Gasteiger partial charge in [-0.15, -0.1) is 6.42 Å². The van der Waals surface area contributed by atoms with E-state index in [1.807, 2.05) is 48.5 Å². The van der Waals surface area contributed by atoms with Crippen molar-refractivity contribution in [2.45, 2.75) is 12.7 Å². The van der Waals surface area contributed by atoms with Crippen LogP contribution in [0.25, 0.3) is 0 Å². The topological polar surface area (TPSA) is 96.2 Å². The Morgan fingerprint density at radius 1 is 1.04 bits per heavy atom. The summed E-state index contributed by atoms with van der Waals surface area (Å²) in [6.45, 7) is -0.492. The molecule has 6 nitrogen and oxygen atoms in total. The largest absolute Gasteiger partial charge is 0.470 e. The second kappa shape index (κ2) is 10.1. The monoisotopic (exact) mass is 386 g/mol. The molecule has 0 spiro atoms. The number of phosphoric ester groups is 1. The van der Waals surface area contributed by atoms with E-state index < -0.39 is 20.5 Å². The molecule has 3 N–H and O–H groups in total. The molecule has 0 aromatic heterocycles. The third-order valence-electron chi connectivity index (χ3n) is 3.40. The number of terminal acetylenes is 1. The summed E-state index contributed by atoms with van der Waals surface area (Å²) in [6.07, 6.45) is 4.28. The molecular formula is C20H19O6P. The van der Waals surface area contributed by atoms with Crippen LogP contribution in [0.3, 0.4) is 0 Å². The van der Waals surface area contributed by atoms with Crippen LogP contribution in [0.1, 0.15) is 22.3 Å². The Morgan fingerprint density at radius 3 is 2.33 bits per heavy atom. The van der Waals surface area contributed by atoms with Crippen LogP contribution in [-0.2, 0) is 20.4 Å². The summed E-state index contributed by atoms with van der Waals surface area (Å²) in [4.78, 5) is 17.5. The summed E-state index contributed by atoms with van der Waals surface area (Å²) in [5, 5.41) is 9.03. The fourth-order valence-corrected chi connectivity index (χ4v) is 2.65. The van der Waals surface area contributed by atoms with Crippen molar-refractivity contribution in [2.24, 2.45) is 0 Å². The minimum Gasteiger partial charge on any atom is -0.394 e. The third-order valence-corrected chi connectivity index (χ3v) is 3.97. The van der Waals surface area contributed by atoms with Crippen LogP contribution >= 0.6 is 7.82 Å². The van der Waals surface area contributed by atoms with Gasteiger partial charge >= 0.3 is 7.82 Å². The molecule has 0 aliphatic heterocycles. The Bertz CT molecular complexity index is 899. The molecule has 0 heterocycles. The minimum absolute atomic E-state index is 0.144. The third kappa shape index (κ3) is 7.78. The van der Waals surface area contributed by atoms with Gasteiger partial charge < -0.3 is 19.6 Å². The predicted octanol–water partition coefficient (Wildman–Crippen LogP) is 2.05. The van der Waals surface area contributed by atoms with E-state index in [1.165, 1.54) is 0 Å². The highest BCUT2D eigenvalue weighted by atomic mass is 31.2. The highest BCUT2D eigenvalue weighted by molar-refractivity contribution is 7.46. The van der Waals surface area contributed by atoms with Crippen molar-refractivity contribution in [3.8, 4) is 24.2 Å². The fraction of sp³-hybridized carbons (Fsp3) is 0.200. The van der Waals surface area contributed by atoms with Crippen molar-refractivity contribution in [1.29, 1.82) is 0 Å². The maximum Gasteiger partial charge on any atom is 0.470 e. The van der Waals surface area contributed by atoms with Gasteiger partial charge in [-0.05, 0) is 35.9 Å². The number of rotatable bonds is 7. The lowest BCUT2D eigenvalue weighted by Gasteiger charge is -2.15. The van der Waals surface area contributed by atoms with Crippen molar-refractivity contribution in [1.82, 2.24) is 0 Å². The van der Waals surface area contributed by atoms with Gasteiger partial charge in [0.1, 0.15) is 6.10 Å². The summed E-state index contributed by atoms with van der Waals surface area (Å²) in [6, 6.07) is 14.8. The zero-order valence-electron chi connectivity index (χ0n) is 14.4. The van der Waals surface area contributed by atoms with E-state index in [0.717, 1.165) is 22.3 Å². The first kappa shape index (κ1) is 20.9. The standard InChI is InChI=1S/C20H19O6P/c1-2-16-4-3-5-18(12-16)9-6-17-7-10-19(11-8-17)14-25-15-20(13-21)26-27(22,23)24/h1,3-5,7-8,10-12,20-21H,13-15H2,(H2,22,23,24)/t20-/m1/s1. The summed E-state index contributed by atoms with van der Waals surface area (Å²) < 4.78 is 20.5. The van der Waals surface area contributed by atoms with Crippen molar-refractivity contribution in [2.75, 3.05) is 13.2 Å². The molecule has 0 aliphatic carbocycles. The number of aliphatic hydroxyl groups is 1. The van der Waals surface area contributed by atoms with Gasteiger partial charge in [-0.25, -0.2) is 4.57 Å². The molecule has 140 valence electrons. The van der Waals surface area contributed by atoms with Crippen LogP contribution in [0.2, 0.25) is 0 Å². The summed E-state index contributed by atoms with van der Waals surface area (Å²) in [5.74, 6) is 8.66. The lowest BCUT2D eigenvalue weighted by atomic mass is 10.1. The van der Waals surface area contributed by atoms with Crippen molar-refractivity contribution >= 4 is 7.82 Å². The number of ether oxygens (including phenoxy) is 1. The summed E-state index contributed by atoms with van der Waals surface area (Å²) >= 11 is 0. The molecule has 0 amide bonds. The molecule has 0 fully saturated rings. The van der Waals surface area contributed by atoms with Gasteiger partial charge in [0, 0.05) is 16.7 Å². The first-order valence-electron chi connectivity index (χ1n) is 8.00. The number of phosphoric acid groups is 1. The molecule has 1 atom stereocenters. The molecule has 0 saturated heterocycles. The Balaban J connectivity index is 1.89. The molecular weight excluding hydrogens is 367 g/mol. The van der Waals surface area contributed by atoms with Gasteiger partial charge in [0.2, 0.25) is 0 Å². The Morgan fingerprint density at radius 2 is 1.70 bits per heavy atom. The van der Waals surface area contributed by atoms with Crippen molar-refractivity contribution in [3.63, 3.8) is 0 Å². The number of hydrogen-bond acceptors (Lipinski definition) is 4. The van der Waals surface area contributed by atoms with Crippen LogP contribution in [0.15, 0.2) is 48.5 Å². The maximum absolute atomic E-state index is 10.8. The van der Waals surface area contributed by atoms with E-state index >= 15 is 0 Å². The number of aliphatic hydroxyl groups excluding tert-OH is 1. The minimum atomic E-state index is -4.66. The Labute approximate surface area is 158 Å². The van der Waals surface area contributed by atoms with Gasteiger partial charge in [-0.3, -0.25) is 4.52 Å². The maximum atomic E-state index is 10.8. The van der Waals surface area contributed by atoms with E-state index in [2.05, 4.69) is 22.3 Å².